The fourth-order valence-corrected chi connectivity index (χ4v) is 1.51. The van der Waals surface area contributed by atoms with E-state index < -0.39 is 12.1 Å². The second-order valence-corrected chi connectivity index (χ2v) is 3.96. The van der Waals surface area contributed by atoms with E-state index >= 15 is 0 Å². The van der Waals surface area contributed by atoms with Crippen molar-refractivity contribution in [3.05, 3.63) is 18.7 Å². The van der Waals surface area contributed by atoms with Gasteiger partial charge < -0.3 is 20.1 Å². The Morgan fingerprint density at radius 1 is 1.47 bits per heavy atom. The number of rotatable bonds is 9. The van der Waals surface area contributed by atoms with Gasteiger partial charge in [-0.3, -0.25) is 4.79 Å². The Morgan fingerprint density at radius 2 is 2.29 bits per heavy atom. The molecule has 0 spiro atoms. The summed E-state index contributed by atoms with van der Waals surface area (Å²) in [6, 6.07) is 0. The molecule has 6 heteroatoms. The number of carboxylic acids is 1. The molecule has 0 aliphatic heterocycles. The summed E-state index contributed by atoms with van der Waals surface area (Å²) >= 11 is 0. The Bertz CT molecular complexity index is 314. The second kappa shape index (κ2) is 7.81. The molecule has 96 valence electrons. The van der Waals surface area contributed by atoms with Gasteiger partial charge in [-0.05, 0) is 19.4 Å². The molecule has 1 heterocycles. The van der Waals surface area contributed by atoms with Crippen LogP contribution in [0.2, 0.25) is 0 Å². The summed E-state index contributed by atoms with van der Waals surface area (Å²) < 4.78 is 2.01. The van der Waals surface area contributed by atoms with E-state index in [9.17, 15) is 9.90 Å². The van der Waals surface area contributed by atoms with Crippen LogP contribution in [0.25, 0.3) is 0 Å². The molecule has 1 atom stereocenters. The van der Waals surface area contributed by atoms with Crippen LogP contribution in [0.1, 0.15) is 19.3 Å². The average molecular weight is 241 g/mol. The average Bonchev–Trinajstić information content (AvgIpc) is 2.75. The number of aromatic nitrogens is 2. The summed E-state index contributed by atoms with van der Waals surface area (Å²) in [6.07, 6.45) is 6.45. The number of aliphatic hydroxyl groups is 1. The summed E-state index contributed by atoms with van der Waals surface area (Å²) in [5, 5.41) is 20.7. The lowest BCUT2D eigenvalue weighted by Gasteiger charge is -2.09. The van der Waals surface area contributed by atoms with Gasteiger partial charge in [0.05, 0.1) is 18.9 Å². The van der Waals surface area contributed by atoms with Gasteiger partial charge in [0.1, 0.15) is 0 Å². The van der Waals surface area contributed by atoms with Gasteiger partial charge in [0, 0.05) is 25.5 Å². The van der Waals surface area contributed by atoms with Crippen LogP contribution < -0.4 is 5.32 Å². The van der Waals surface area contributed by atoms with Gasteiger partial charge in [-0.1, -0.05) is 0 Å². The van der Waals surface area contributed by atoms with Gasteiger partial charge >= 0.3 is 5.97 Å². The molecule has 1 unspecified atom stereocenters. The lowest BCUT2D eigenvalue weighted by Crippen LogP contribution is -2.29. The molecule has 17 heavy (non-hydrogen) atoms. The fourth-order valence-electron chi connectivity index (χ4n) is 1.51. The largest absolute Gasteiger partial charge is 0.481 e. The lowest BCUT2D eigenvalue weighted by atomic mass is 10.2. The molecular weight excluding hydrogens is 222 g/mol. The van der Waals surface area contributed by atoms with E-state index in [1.165, 1.54) is 0 Å². The molecule has 1 aromatic heterocycles. The van der Waals surface area contributed by atoms with Crippen molar-refractivity contribution < 1.29 is 15.0 Å². The zero-order chi connectivity index (χ0) is 12.5. The highest BCUT2D eigenvalue weighted by Crippen LogP contribution is 1.94. The van der Waals surface area contributed by atoms with Crippen LogP contribution in [0.15, 0.2) is 18.7 Å². The Hall–Kier alpha value is -1.40. The van der Waals surface area contributed by atoms with Crippen molar-refractivity contribution in [2.24, 2.45) is 0 Å². The Kier molecular flexibility index (Phi) is 6.27. The first-order chi connectivity index (χ1) is 8.18. The minimum absolute atomic E-state index is 0.206. The molecule has 0 aliphatic rings. The molecule has 0 aromatic carbocycles. The van der Waals surface area contributed by atoms with Crippen molar-refractivity contribution in [3.8, 4) is 0 Å². The molecule has 0 radical (unpaired) electrons. The van der Waals surface area contributed by atoms with E-state index in [4.69, 9.17) is 5.11 Å². The number of imidazole rings is 1. The van der Waals surface area contributed by atoms with Crippen molar-refractivity contribution >= 4 is 5.97 Å². The number of aliphatic carboxylic acids is 1. The van der Waals surface area contributed by atoms with Crippen molar-refractivity contribution in [2.45, 2.75) is 31.9 Å². The van der Waals surface area contributed by atoms with Crippen molar-refractivity contribution in [2.75, 3.05) is 13.1 Å². The summed E-state index contributed by atoms with van der Waals surface area (Å²) in [4.78, 5) is 14.2. The van der Waals surface area contributed by atoms with Gasteiger partial charge in [0.2, 0.25) is 0 Å². The van der Waals surface area contributed by atoms with Gasteiger partial charge in [-0.15, -0.1) is 0 Å². The summed E-state index contributed by atoms with van der Waals surface area (Å²) in [6.45, 7) is 2.04. The zero-order valence-corrected chi connectivity index (χ0v) is 9.75. The molecule has 0 amide bonds. The van der Waals surface area contributed by atoms with E-state index in [2.05, 4.69) is 10.3 Å². The Morgan fingerprint density at radius 3 is 2.94 bits per heavy atom. The topological polar surface area (TPSA) is 87.4 Å². The third kappa shape index (κ3) is 6.70. The molecule has 0 aliphatic carbocycles. The normalized spacial score (nSPS) is 12.5. The summed E-state index contributed by atoms with van der Waals surface area (Å²) in [7, 11) is 0. The number of aliphatic hydroxyl groups excluding tert-OH is 1. The molecule has 1 rings (SSSR count). The molecule has 0 fully saturated rings. The monoisotopic (exact) mass is 241 g/mol. The summed E-state index contributed by atoms with van der Waals surface area (Å²) in [5.74, 6) is -0.973. The highest BCUT2D eigenvalue weighted by molar-refractivity contribution is 5.67. The number of carboxylic acid groups (broad SMARTS) is 1. The van der Waals surface area contributed by atoms with Crippen LogP contribution >= 0.6 is 0 Å². The van der Waals surface area contributed by atoms with Crippen LogP contribution in [0.3, 0.4) is 0 Å². The smallest absolute Gasteiger partial charge is 0.306 e. The van der Waals surface area contributed by atoms with Crippen LogP contribution in [0.5, 0.6) is 0 Å². The lowest BCUT2D eigenvalue weighted by molar-refractivity contribution is -0.139. The Labute approximate surface area is 100 Å². The van der Waals surface area contributed by atoms with Crippen LogP contribution in [-0.4, -0.2) is 44.9 Å². The van der Waals surface area contributed by atoms with Crippen molar-refractivity contribution in [1.29, 1.82) is 0 Å². The quantitative estimate of drug-likeness (QED) is 0.533. The molecular formula is C11H19N3O3. The predicted octanol–water partition coefficient (Wildman–Crippen LogP) is 0.0885. The highest BCUT2D eigenvalue weighted by atomic mass is 16.4. The molecule has 3 N–H and O–H groups in total. The molecule has 0 bridgehead atoms. The predicted molar refractivity (Wildman–Crippen MR) is 62.6 cm³/mol. The van der Waals surface area contributed by atoms with Gasteiger partial charge in [0.25, 0.3) is 0 Å². The first-order valence-electron chi connectivity index (χ1n) is 5.75. The second-order valence-electron chi connectivity index (χ2n) is 3.96. The number of aryl methyl sites for hydroxylation is 1. The number of carbonyl (C=O) groups is 1. The van der Waals surface area contributed by atoms with E-state index in [1.54, 1.807) is 12.5 Å². The number of nitrogens with zero attached hydrogens (tertiary/aromatic N) is 2. The van der Waals surface area contributed by atoms with Gasteiger partial charge in [-0.2, -0.15) is 0 Å². The molecule has 1 aromatic rings. The van der Waals surface area contributed by atoms with Crippen molar-refractivity contribution in [3.63, 3.8) is 0 Å². The van der Waals surface area contributed by atoms with Crippen LogP contribution in [0.4, 0.5) is 0 Å². The minimum atomic E-state index is -0.973. The minimum Gasteiger partial charge on any atom is -0.481 e. The fraction of sp³-hybridized carbons (Fsp3) is 0.636. The van der Waals surface area contributed by atoms with E-state index in [0.29, 0.717) is 6.54 Å². The van der Waals surface area contributed by atoms with Crippen molar-refractivity contribution in [1.82, 2.24) is 14.9 Å². The number of hydrogen-bond acceptors (Lipinski definition) is 4. The van der Waals surface area contributed by atoms with E-state index in [-0.39, 0.29) is 6.42 Å². The maximum absolute atomic E-state index is 10.3. The number of unbranched alkanes of at least 4 members (excludes halogenated alkanes) is 1. The van der Waals surface area contributed by atoms with Crippen LogP contribution in [-0.2, 0) is 11.3 Å². The zero-order valence-electron chi connectivity index (χ0n) is 9.75. The highest BCUT2D eigenvalue weighted by Gasteiger charge is 2.07. The Balaban J connectivity index is 1.92. The number of hydrogen-bond donors (Lipinski definition) is 3. The van der Waals surface area contributed by atoms with E-state index in [0.717, 1.165) is 25.9 Å². The molecule has 0 saturated heterocycles. The van der Waals surface area contributed by atoms with Gasteiger partial charge in [-0.25, -0.2) is 4.98 Å². The number of nitrogens with one attached hydrogen (secondary N) is 1. The third-order valence-electron chi connectivity index (χ3n) is 2.37. The SMILES string of the molecule is O=C(O)CC(O)CNCCCCn1ccnc1. The van der Waals surface area contributed by atoms with Crippen LogP contribution in [0, 0.1) is 0 Å². The first kappa shape index (κ1) is 13.7. The molecule has 0 saturated carbocycles. The molecule has 6 nitrogen and oxygen atoms in total. The van der Waals surface area contributed by atoms with E-state index in [1.807, 2.05) is 10.8 Å². The summed E-state index contributed by atoms with van der Waals surface area (Å²) in [5.41, 5.74) is 0. The maximum atomic E-state index is 10.3. The first-order valence-corrected chi connectivity index (χ1v) is 5.75. The maximum Gasteiger partial charge on any atom is 0.306 e. The third-order valence-corrected chi connectivity index (χ3v) is 2.37. The standard InChI is InChI=1S/C11H19N3O3/c15-10(7-11(16)17)8-12-3-1-2-5-14-6-4-13-9-14/h4,6,9-10,12,15H,1-3,5,7-8H2,(H,16,17). The van der Waals surface area contributed by atoms with Gasteiger partial charge in [0.15, 0.2) is 0 Å².